The van der Waals surface area contributed by atoms with Crippen LogP contribution in [0.15, 0.2) is 53.7 Å². The van der Waals surface area contributed by atoms with Gasteiger partial charge in [-0.2, -0.15) is 5.10 Å². The summed E-state index contributed by atoms with van der Waals surface area (Å²) in [5.74, 6) is 2.49. The fraction of sp³-hybridized carbons (Fsp3) is 0.350. The van der Waals surface area contributed by atoms with Gasteiger partial charge in [-0.15, -0.1) is 0 Å². The summed E-state index contributed by atoms with van der Waals surface area (Å²) in [4.78, 5) is 27.5. The topological polar surface area (TPSA) is 76.8 Å². The highest BCUT2D eigenvalue weighted by molar-refractivity contribution is 5.56. The van der Waals surface area contributed by atoms with E-state index in [1.54, 1.807) is 29.2 Å². The monoisotopic (exact) mass is 362 g/mol. The molecule has 1 aliphatic rings. The van der Waals surface area contributed by atoms with E-state index in [9.17, 15) is 4.79 Å². The fourth-order valence-electron chi connectivity index (χ4n) is 3.18. The van der Waals surface area contributed by atoms with E-state index in [1.807, 2.05) is 24.4 Å². The molecule has 7 nitrogen and oxygen atoms in total. The summed E-state index contributed by atoms with van der Waals surface area (Å²) in [5, 5.41) is 4.52. The van der Waals surface area contributed by atoms with Crippen molar-refractivity contribution in [3.8, 4) is 11.3 Å². The molecular weight excluding hydrogens is 340 g/mol. The first-order valence-corrected chi connectivity index (χ1v) is 9.16. The molecule has 0 bridgehead atoms. The van der Waals surface area contributed by atoms with Gasteiger partial charge < -0.3 is 4.90 Å². The number of pyridine rings is 1. The van der Waals surface area contributed by atoms with Gasteiger partial charge in [0.25, 0.3) is 5.56 Å². The van der Waals surface area contributed by atoms with Crippen LogP contribution in [-0.2, 0) is 6.54 Å². The predicted octanol–water partition coefficient (Wildman–Crippen LogP) is 2.36. The second kappa shape index (κ2) is 7.26. The molecule has 0 radical (unpaired) electrons. The van der Waals surface area contributed by atoms with Crippen molar-refractivity contribution in [1.82, 2.24) is 24.7 Å². The first kappa shape index (κ1) is 17.3. The van der Waals surface area contributed by atoms with Crippen molar-refractivity contribution in [2.45, 2.75) is 26.3 Å². The average Bonchev–Trinajstić information content (AvgIpc) is 2.66. The third-order valence-electron chi connectivity index (χ3n) is 4.71. The first-order chi connectivity index (χ1) is 13.1. The van der Waals surface area contributed by atoms with Gasteiger partial charge in [0.2, 0.25) is 0 Å². The third kappa shape index (κ3) is 3.72. The molecular formula is C20H22N6O. The standard InChI is InChI=1S/C20H22N6O/c1-14(2)20-22-9-7-18(23-20)25-11-15(12-25)13-26-19(27)6-5-17(24-26)16-4-3-8-21-10-16/h3-10,14-15H,11-13H2,1-2H3. The maximum absolute atomic E-state index is 12.2. The zero-order valence-corrected chi connectivity index (χ0v) is 15.5. The molecule has 0 atom stereocenters. The quantitative estimate of drug-likeness (QED) is 0.693. The molecule has 3 aromatic rings. The highest BCUT2D eigenvalue weighted by Gasteiger charge is 2.29. The minimum absolute atomic E-state index is 0.0785. The van der Waals surface area contributed by atoms with Gasteiger partial charge in [0, 0.05) is 55.1 Å². The molecule has 138 valence electrons. The average molecular weight is 362 g/mol. The molecule has 0 amide bonds. The van der Waals surface area contributed by atoms with E-state index in [4.69, 9.17) is 0 Å². The fourth-order valence-corrected chi connectivity index (χ4v) is 3.18. The maximum atomic E-state index is 12.2. The van der Waals surface area contributed by atoms with E-state index >= 15 is 0 Å². The molecule has 0 saturated carbocycles. The van der Waals surface area contributed by atoms with Gasteiger partial charge in [-0.05, 0) is 24.3 Å². The van der Waals surface area contributed by atoms with Crippen molar-refractivity contribution in [2.75, 3.05) is 18.0 Å². The minimum atomic E-state index is -0.0785. The van der Waals surface area contributed by atoms with E-state index in [2.05, 4.69) is 38.8 Å². The zero-order valence-electron chi connectivity index (χ0n) is 15.5. The van der Waals surface area contributed by atoms with Crippen LogP contribution in [0.3, 0.4) is 0 Å². The van der Waals surface area contributed by atoms with Crippen LogP contribution in [0, 0.1) is 5.92 Å². The second-order valence-electron chi connectivity index (χ2n) is 7.18. The molecule has 0 N–H and O–H groups in total. The van der Waals surface area contributed by atoms with Gasteiger partial charge in [-0.25, -0.2) is 14.6 Å². The third-order valence-corrected chi connectivity index (χ3v) is 4.71. The Hall–Kier alpha value is -3.09. The van der Waals surface area contributed by atoms with Gasteiger partial charge in [-0.1, -0.05) is 13.8 Å². The van der Waals surface area contributed by atoms with E-state index in [0.717, 1.165) is 36.0 Å². The molecule has 4 rings (SSSR count). The van der Waals surface area contributed by atoms with Crippen molar-refractivity contribution in [3.63, 3.8) is 0 Å². The summed E-state index contributed by atoms with van der Waals surface area (Å²) < 4.78 is 1.56. The molecule has 3 aromatic heterocycles. The Morgan fingerprint density at radius 1 is 1.15 bits per heavy atom. The summed E-state index contributed by atoms with van der Waals surface area (Å²) in [7, 11) is 0. The van der Waals surface area contributed by atoms with Crippen molar-refractivity contribution in [1.29, 1.82) is 0 Å². The lowest BCUT2D eigenvalue weighted by molar-refractivity contribution is 0.333. The van der Waals surface area contributed by atoms with E-state index in [-0.39, 0.29) is 5.56 Å². The van der Waals surface area contributed by atoms with Crippen molar-refractivity contribution >= 4 is 5.82 Å². The second-order valence-corrected chi connectivity index (χ2v) is 7.18. The molecule has 1 aliphatic heterocycles. The Morgan fingerprint density at radius 3 is 2.74 bits per heavy atom. The molecule has 4 heterocycles. The number of hydrogen-bond acceptors (Lipinski definition) is 6. The number of nitrogens with zero attached hydrogens (tertiary/aromatic N) is 6. The van der Waals surface area contributed by atoms with Crippen LogP contribution in [0.25, 0.3) is 11.3 Å². The van der Waals surface area contributed by atoms with Crippen LogP contribution in [0.5, 0.6) is 0 Å². The Morgan fingerprint density at radius 2 is 2.00 bits per heavy atom. The number of aromatic nitrogens is 5. The first-order valence-electron chi connectivity index (χ1n) is 9.16. The Bertz CT molecular complexity index is 979. The number of hydrogen-bond donors (Lipinski definition) is 0. The minimum Gasteiger partial charge on any atom is -0.356 e. The van der Waals surface area contributed by atoms with Gasteiger partial charge in [-0.3, -0.25) is 9.78 Å². The van der Waals surface area contributed by atoms with Crippen molar-refractivity contribution < 1.29 is 0 Å². The molecule has 0 aliphatic carbocycles. The number of rotatable bonds is 5. The maximum Gasteiger partial charge on any atom is 0.266 e. The summed E-state index contributed by atoms with van der Waals surface area (Å²) in [6, 6.07) is 9.07. The summed E-state index contributed by atoms with van der Waals surface area (Å²) >= 11 is 0. The van der Waals surface area contributed by atoms with E-state index < -0.39 is 0 Å². The Balaban J connectivity index is 1.44. The lowest BCUT2D eigenvalue weighted by Gasteiger charge is -2.40. The molecule has 1 fully saturated rings. The van der Waals surface area contributed by atoms with Crippen LogP contribution < -0.4 is 10.5 Å². The number of anilines is 1. The van der Waals surface area contributed by atoms with Crippen LogP contribution in [0.4, 0.5) is 5.82 Å². The van der Waals surface area contributed by atoms with Gasteiger partial charge >= 0.3 is 0 Å². The largest absolute Gasteiger partial charge is 0.356 e. The SMILES string of the molecule is CC(C)c1nccc(N2CC(Cn3nc(-c4cccnc4)ccc3=O)C2)n1. The molecule has 7 heteroatoms. The molecule has 0 unspecified atom stereocenters. The Kier molecular flexibility index (Phi) is 4.66. The normalized spacial score (nSPS) is 14.4. The predicted molar refractivity (Wildman–Crippen MR) is 104 cm³/mol. The Labute approximate surface area is 157 Å². The molecule has 0 spiro atoms. The summed E-state index contributed by atoms with van der Waals surface area (Å²) in [6.07, 6.45) is 5.29. The lowest BCUT2D eigenvalue weighted by Crippen LogP contribution is -2.50. The summed E-state index contributed by atoms with van der Waals surface area (Å²) in [6.45, 7) is 6.50. The van der Waals surface area contributed by atoms with Gasteiger partial charge in [0.1, 0.15) is 11.6 Å². The van der Waals surface area contributed by atoms with E-state index in [0.29, 0.717) is 18.4 Å². The van der Waals surface area contributed by atoms with Crippen LogP contribution in [-0.4, -0.2) is 37.8 Å². The van der Waals surface area contributed by atoms with Crippen molar-refractivity contribution in [3.05, 3.63) is 65.1 Å². The molecule has 0 aromatic carbocycles. The highest BCUT2D eigenvalue weighted by Crippen LogP contribution is 2.24. The molecule has 27 heavy (non-hydrogen) atoms. The van der Waals surface area contributed by atoms with Crippen LogP contribution >= 0.6 is 0 Å². The lowest BCUT2D eigenvalue weighted by atomic mass is 10.0. The highest BCUT2D eigenvalue weighted by atomic mass is 16.1. The van der Waals surface area contributed by atoms with Crippen LogP contribution in [0.1, 0.15) is 25.6 Å². The summed E-state index contributed by atoms with van der Waals surface area (Å²) in [5.41, 5.74) is 1.59. The van der Waals surface area contributed by atoms with Gasteiger partial charge in [0.15, 0.2) is 0 Å². The van der Waals surface area contributed by atoms with Crippen molar-refractivity contribution in [2.24, 2.45) is 5.92 Å². The van der Waals surface area contributed by atoms with E-state index in [1.165, 1.54) is 0 Å². The van der Waals surface area contributed by atoms with Crippen LogP contribution in [0.2, 0.25) is 0 Å². The van der Waals surface area contributed by atoms with Gasteiger partial charge in [0.05, 0.1) is 12.2 Å². The zero-order chi connectivity index (χ0) is 18.8. The smallest absolute Gasteiger partial charge is 0.266 e. The molecule has 1 saturated heterocycles.